The highest BCUT2D eigenvalue weighted by Crippen LogP contribution is 2.45. The Morgan fingerprint density at radius 3 is 1.60 bits per heavy atom. The molecule has 0 aromatic carbocycles. The van der Waals surface area contributed by atoms with Crippen LogP contribution in [-0.4, -0.2) is 13.3 Å². The predicted molar refractivity (Wildman–Crippen MR) is 30.4 cm³/mol. The molecule has 0 aliphatic heterocycles. The normalized spacial score (nSPS) is 11.8. The number of rotatable bonds is 0. The number of hydrogen-bond donors (Lipinski definition) is 1. The second-order valence-corrected chi connectivity index (χ2v) is 9.27. The van der Waals surface area contributed by atoms with Gasteiger partial charge in [0.15, 0.2) is 0 Å². The minimum absolute atomic E-state index is 1.33. The van der Waals surface area contributed by atoms with E-state index in [2.05, 4.69) is 15.5 Å². The third-order valence-electron chi connectivity index (χ3n) is 0. The zero-order valence-corrected chi connectivity index (χ0v) is 5.81. The number of hydrogen-bond acceptors (Lipinski definition) is 1. The van der Waals surface area contributed by atoms with Gasteiger partial charge in [-0.2, -0.15) is 0 Å². The monoisotopic (exact) mass is 155 g/mol. The summed E-state index contributed by atoms with van der Waals surface area (Å²) in [6.07, 6.45) is 0. The molecule has 0 fully saturated rings. The Labute approximate surface area is 40.4 Å². The standard InChI is InChI=1S/C2H7BrNP/c1-5(2,3)4/h4H,1-2H3. The van der Waals surface area contributed by atoms with Crippen LogP contribution in [0.1, 0.15) is 0 Å². The van der Waals surface area contributed by atoms with Gasteiger partial charge in [0.05, 0.1) is 0 Å². The molecule has 0 unspecified atom stereocenters. The van der Waals surface area contributed by atoms with Gasteiger partial charge in [0.2, 0.25) is 0 Å². The van der Waals surface area contributed by atoms with E-state index in [1.807, 2.05) is 13.3 Å². The summed E-state index contributed by atoms with van der Waals surface area (Å²) in [5.41, 5.74) is 0. The Kier molecular flexibility index (Phi) is 1.64. The summed E-state index contributed by atoms with van der Waals surface area (Å²) < 4.78 is 0. The van der Waals surface area contributed by atoms with Gasteiger partial charge in [-0.05, 0) is 28.8 Å². The first-order valence-electron chi connectivity index (χ1n) is 1.29. The Hall–Kier alpha value is 0.710. The summed E-state index contributed by atoms with van der Waals surface area (Å²) in [7, 11) is 0. The molecule has 5 heavy (non-hydrogen) atoms. The van der Waals surface area contributed by atoms with E-state index in [1.54, 1.807) is 0 Å². The van der Waals surface area contributed by atoms with Gasteiger partial charge in [-0.1, -0.05) is 0 Å². The van der Waals surface area contributed by atoms with Gasteiger partial charge >= 0.3 is 0 Å². The maximum absolute atomic E-state index is 6.97. The molecule has 1 nitrogen and oxygen atoms in total. The van der Waals surface area contributed by atoms with Crippen LogP contribution in [-0.2, 0) is 0 Å². The second kappa shape index (κ2) is 1.44. The molecule has 0 spiro atoms. The van der Waals surface area contributed by atoms with E-state index < -0.39 is 5.76 Å². The lowest BCUT2D eigenvalue weighted by Crippen LogP contribution is -1.47. The van der Waals surface area contributed by atoms with Crippen LogP contribution >= 0.6 is 21.2 Å². The summed E-state index contributed by atoms with van der Waals surface area (Å²) in [5.74, 6) is -1.33. The van der Waals surface area contributed by atoms with Crippen LogP contribution in [0, 0.1) is 5.16 Å². The topological polar surface area (TPSA) is 23.9 Å². The van der Waals surface area contributed by atoms with Gasteiger partial charge in [-0.3, -0.25) is 0 Å². The van der Waals surface area contributed by atoms with Crippen molar-refractivity contribution in [3.05, 3.63) is 0 Å². The molecule has 0 aliphatic rings. The summed E-state index contributed by atoms with van der Waals surface area (Å²) >= 11 is 3.15. The molecule has 0 aromatic rings. The van der Waals surface area contributed by atoms with E-state index in [-0.39, 0.29) is 0 Å². The quantitative estimate of drug-likeness (QED) is 0.520. The SMILES string of the molecule is CP(C)(=N)Br. The highest BCUT2D eigenvalue weighted by Gasteiger charge is 1.85. The Morgan fingerprint density at radius 1 is 1.60 bits per heavy atom. The maximum atomic E-state index is 6.97. The highest BCUT2D eigenvalue weighted by atomic mass is 79.9. The summed E-state index contributed by atoms with van der Waals surface area (Å²) in [4.78, 5) is 0. The van der Waals surface area contributed by atoms with E-state index in [0.717, 1.165) is 0 Å². The fourth-order valence-corrected chi connectivity index (χ4v) is 0. The van der Waals surface area contributed by atoms with Crippen LogP contribution in [0.4, 0.5) is 0 Å². The zero-order valence-electron chi connectivity index (χ0n) is 3.33. The van der Waals surface area contributed by atoms with Gasteiger partial charge in [0.25, 0.3) is 0 Å². The molecule has 0 atom stereocenters. The molecular weight excluding hydrogens is 149 g/mol. The average molecular weight is 156 g/mol. The zero-order chi connectivity index (χ0) is 4.50. The van der Waals surface area contributed by atoms with Crippen molar-refractivity contribution in [1.82, 2.24) is 0 Å². The first kappa shape index (κ1) is 5.71. The van der Waals surface area contributed by atoms with Crippen molar-refractivity contribution in [3.8, 4) is 0 Å². The third kappa shape index (κ3) is 68.6. The van der Waals surface area contributed by atoms with Gasteiger partial charge < -0.3 is 5.16 Å². The first-order valence-corrected chi connectivity index (χ1v) is 5.99. The maximum Gasteiger partial charge on any atom is 0.0239 e. The lowest BCUT2D eigenvalue weighted by Gasteiger charge is -1.89. The van der Waals surface area contributed by atoms with E-state index in [9.17, 15) is 0 Å². The lowest BCUT2D eigenvalue weighted by atomic mass is 11.9. The minimum Gasteiger partial charge on any atom is -0.308 e. The summed E-state index contributed by atoms with van der Waals surface area (Å²) in [6.45, 7) is 3.76. The number of halogens is 1. The fraction of sp³-hybridized carbons (Fsp3) is 1.00. The van der Waals surface area contributed by atoms with Crippen LogP contribution in [0.3, 0.4) is 0 Å². The van der Waals surface area contributed by atoms with Crippen LogP contribution in [0.25, 0.3) is 0 Å². The Bertz CT molecular complexity index is 55.8. The molecule has 0 amide bonds. The Morgan fingerprint density at radius 2 is 1.60 bits per heavy atom. The van der Waals surface area contributed by atoms with E-state index in [1.165, 1.54) is 0 Å². The second-order valence-electron chi connectivity index (χ2n) is 1.32. The minimum atomic E-state index is -1.33. The average Bonchev–Trinajstić information content (AvgIpc) is 0.722. The van der Waals surface area contributed by atoms with Crippen molar-refractivity contribution in [1.29, 1.82) is 5.16 Å². The van der Waals surface area contributed by atoms with Crippen molar-refractivity contribution >= 4 is 21.2 Å². The van der Waals surface area contributed by atoms with Gasteiger partial charge in [-0.15, -0.1) is 0 Å². The molecule has 0 heterocycles. The van der Waals surface area contributed by atoms with E-state index >= 15 is 0 Å². The van der Waals surface area contributed by atoms with Crippen LogP contribution < -0.4 is 0 Å². The summed E-state index contributed by atoms with van der Waals surface area (Å²) in [5, 5.41) is 6.97. The van der Waals surface area contributed by atoms with E-state index in [0.29, 0.717) is 0 Å². The third-order valence-corrected chi connectivity index (χ3v) is 0. The highest BCUT2D eigenvalue weighted by molar-refractivity contribution is 9.40. The van der Waals surface area contributed by atoms with E-state index in [4.69, 9.17) is 5.16 Å². The molecule has 0 rings (SSSR count). The van der Waals surface area contributed by atoms with Crippen molar-refractivity contribution in [2.75, 3.05) is 13.3 Å². The molecular formula is C2H7BrNP. The lowest BCUT2D eigenvalue weighted by molar-refractivity contribution is 1.61. The molecule has 32 valence electrons. The molecule has 0 aromatic heterocycles. The molecule has 0 radical (unpaired) electrons. The van der Waals surface area contributed by atoms with Crippen LogP contribution in [0.5, 0.6) is 0 Å². The molecule has 3 heteroatoms. The predicted octanol–water partition coefficient (Wildman–Crippen LogP) is 2.34. The van der Waals surface area contributed by atoms with Crippen LogP contribution in [0.2, 0.25) is 0 Å². The molecule has 0 saturated heterocycles. The van der Waals surface area contributed by atoms with Gasteiger partial charge in [0.1, 0.15) is 0 Å². The van der Waals surface area contributed by atoms with Crippen molar-refractivity contribution in [3.63, 3.8) is 0 Å². The smallest absolute Gasteiger partial charge is 0.0239 e. The summed E-state index contributed by atoms with van der Waals surface area (Å²) in [6, 6.07) is 0. The number of nitrogens with one attached hydrogen (secondary N) is 1. The molecule has 0 saturated carbocycles. The van der Waals surface area contributed by atoms with Gasteiger partial charge in [0, 0.05) is 5.76 Å². The first-order chi connectivity index (χ1) is 2.00. The van der Waals surface area contributed by atoms with Gasteiger partial charge in [-0.25, -0.2) is 0 Å². The fourth-order valence-electron chi connectivity index (χ4n) is 0. The van der Waals surface area contributed by atoms with Crippen molar-refractivity contribution in [2.45, 2.75) is 0 Å². The Balaban J connectivity index is 3.47. The van der Waals surface area contributed by atoms with Crippen LogP contribution in [0.15, 0.2) is 0 Å². The van der Waals surface area contributed by atoms with Crippen molar-refractivity contribution in [2.24, 2.45) is 0 Å². The molecule has 1 N–H and O–H groups in total. The van der Waals surface area contributed by atoms with Crippen molar-refractivity contribution < 1.29 is 0 Å². The molecule has 0 aliphatic carbocycles. The molecule has 0 bridgehead atoms. The largest absolute Gasteiger partial charge is 0.308 e.